The first kappa shape index (κ1) is 13.0. The van der Waals surface area contributed by atoms with Gasteiger partial charge in [-0.2, -0.15) is 0 Å². The fourth-order valence-electron chi connectivity index (χ4n) is 1.36. The van der Waals surface area contributed by atoms with Gasteiger partial charge in [-0.25, -0.2) is 0 Å². The summed E-state index contributed by atoms with van der Waals surface area (Å²) in [7, 11) is 0. The minimum atomic E-state index is -0.0288. The summed E-state index contributed by atoms with van der Waals surface area (Å²) in [6.45, 7) is 17.6. The highest BCUT2D eigenvalue weighted by Gasteiger charge is 2.28. The Morgan fingerprint density at radius 3 is 1.46 bits per heavy atom. The highest BCUT2D eigenvalue weighted by atomic mass is 16.5. The summed E-state index contributed by atoms with van der Waals surface area (Å²) in [5, 5.41) is 0. The van der Waals surface area contributed by atoms with Crippen molar-refractivity contribution in [3.63, 3.8) is 0 Å². The molecule has 0 heterocycles. The van der Waals surface area contributed by atoms with Crippen molar-refractivity contribution in [2.75, 3.05) is 0 Å². The van der Waals surface area contributed by atoms with Gasteiger partial charge in [0.1, 0.15) is 0 Å². The summed E-state index contributed by atoms with van der Waals surface area (Å²) < 4.78 is 5.93. The van der Waals surface area contributed by atoms with Crippen LogP contribution in [0.1, 0.15) is 55.4 Å². The first-order valence-corrected chi connectivity index (χ1v) is 5.22. The predicted octanol–water partition coefficient (Wildman–Crippen LogP) is 3.87. The molecule has 0 aromatic rings. The standard InChI is InChI=1S/C12H26O/c1-9(11(3,4)5)10(2)13-12(6,7)8/h9-10H,1-8H3. The number of hydrogen-bond acceptors (Lipinski definition) is 1. The molecule has 2 atom stereocenters. The highest BCUT2D eigenvalue weighted by molar-refractivity contribution is 4.77. The minimum Gasteiger partial charge on any atom is -0.373 e. The predicted molar refractivity (Wildman–Crippen MR) is 58.9 cm³/mol. The van der Waals surface area contributed by atoms with Crippen LogP contribution in [0.25, 0.3) is 0 Å². The molecule has 1 nitrogen and oxygen atoms in total. The van der Waals surface area contributed by atoms with Gasteiger partial charge in [-0.3, -0.25) is 0 Å². The number of ether oxygens (including phenoxy) is 1. The molecule has 0 aliphatic carbocycles. The molecule has 0 aliphatic heterocycles. The van der Waals surface area contributed by atoms with Crippen molar-refractivity contribution < 1.29 is 4.74 Å². The maximum Gasteiger partial charge on any atom is 0.0602 e. The minimum absolute atomic E-state index is 0.0288. The largest absolute Gasteiger partial charge is 0.373 e. The lowest BCUT2D eigenvalue weighted by Crippen LogP contribution is -2.35. The molecule has 0 aromatic heterocycles. The summed E-state index contributed by atoms with van der Waals surface area (Å²) in [5.74, 6) is 0.576. The summed E-state index contributed by atoms with van der Waals surface area (Å²) >= 11 is 0. The van der Waals surface area contributed by atoms with Crippen LogP contribution in [0.15, 0.2) is 0 Å². The van der Waals surface area contributed by atoms with Gasteiger partial charge in [-0.05, 0) is 39.0 Å². The van der Waals surface area contributed by atoms with E-state index in [0.717, 1.165) is 0 Å². The third kappa shape index (κ3) is 5.30. The Balaban J connectivity index is 4.20. The van der Waals surface area contributed by atoms with Crippen molar-refractivity contribution in [2.24, 2.45) is 11.3 Å². The fourth-order valence-corrected chi connectivity index (χ4v) is 1.36. The van der Waals surface area contributed by atoms with Crippen LogP contribution in [0, 0.1) is 11.3 Å². The van der Waals surface area contributed by atoms with E-state index in [1.807, 2.05) is 0 Å². The smallest absolute Gasteiger partial charge is 0.0602 e. The topological polar surface area (TPSA) is 9.23 Å². The normalized spacial score (nSPS) is 18.5. The van der Waals surface area contributed by atoms with E-state index in [4.69, 9.17) is 4.74 Å². The van der Waals surface area contributed by atoms with Gasteiger partial charge in [-0.1, -0.05) is 27.7 Å². The van der Waals surface area contributed by atoms with Gasteiger partial charge in [0.2, 0.25) is 0 Å². The summed E-state index contributed by atoms with van der Waals surface area (Å²) in [6.07, 6.45) is 0.319. The second-order valence-electron chi connectivity index (χ2n) is 6.09. The molecule has 0 rings (SSSR count). The Morgan fingerprint density at radius 2 is 1.23 bits per heavy atom. The third-order valence-corrected chi connectivity index (χ3v) is 2.61. The second kappa shape index (κ2) is 4.00. The molecule has 0 spiro atoms. The molecule has 0 N–H and O–H groups in total. The fraction of sp³-hybridized carbons (Fsp3) is 1.00. The first-order chi connectivity index (χ1) is 5.54. The van der Waals surface area contributed by atoms with E-state index in [9.17, 15) is 0 Å². The summed E-state index contributed by atoms with van der Waals surface area (Å²) in [6, 6.07) is 0. The molecule has 0 saturated carbocycles. The average molecular weight is 186 g/mol. The zero-order valence-corrected chi connectivity index (χ0v) is 10.6. The van der Waals surface area contributed by atoms with Crippen LogP contribution in [0.3, 0.4) is 0 Å². The van der Waals surface area contributed by atoms with E-state index in [1.165, 1.54) is 0 Å². The van der Waals surface area contributed by atoms with E-state index < -0.39 is 0 Å². The van der Waals surface area contributed by atoms with E-state index in [1.54, 1.807) is 0 Å². The van der Waals surface area contributed by atoms with Gasteiger partial charge in [0.05, 0.1) is 11.7 Å². The molecular weight excluding hydrogens is 160 g/mol. The molecule has 0 aliphatic rings. The molecule has 0 saturated heterocycles. The average Bonchev–Trinajstić information content (AvgIpc) is 1.79. The van der Waals surface area contributed by atoms with E-state index >= 15 is 0 Å². The van der Waals surface area contributed by atoms with Gasteiger partial charge in [-0.15, -0.1) is 0 Å². The molecular formula is C12H26O. The zero-order valence-electron chi connectivity index (χ0n) is 10.6. The molecule has 0 amide bonds. The molecule has 2 unspecified atom stereocenters. The van der Waals surface area contributed by atoms with E-state index in [-0.39, 0.29) is 5.60 Å². The van der Waals surface area contributed by atoms with E-state index in [2.05, 4.69) is 55.4 Å². The quantitative estimate of drug-likeness (QED) is 0.636. The van der Waals surface area contributed by atoms with Crippen molar-refractivity contribution in [3.05, 3.63) is 0 Å². The second-order valence-corrected chi connectivity index (χ2v) is 6.09. The lowest BCUT2D eigenvalue weighted by Gasteiger charge is -2.36. The number of rotatable bonds is 2. The first-order valence-electron chi connectivity index (χ1n) is 5.22. The van der Waals surface area contributed by atoms with Gasteiger partial charge < -0.3 is 4.74 Å². The molecule has 0 aromatic carbocycles. The van der Waals surface area contributed by atoms with Crippen molar-refractivity contribution in [1.82, 2.24) is 0 Å². The summed E-state index contributed by atoms with van der Waals surface area (Å²) in [5.41, 5.74) is 0.295. The summed E-state index contributed by atoms with van der Waals surface area (Å²) in [4.78, 5) is 0. The Hall–Kier alpha value is -0.0400. The van der Waals surface area contributed by atoms with Crippen LogP contribution in [0.4, 0.5) is 0 Å². The van der Waals surface area contributed by atoms with Crippen LogP contribution in [-0.2, 0) is 4.74 Å². The van der Waals surface area contributed by atoms with Gasteiger partial charge in [0.15, 0.2) is 0 Å². The van der Waals surface area contributed by atoms with Gasteiger partial charge in [0.25, 0.3) is 0 Å². The van der Waals surface area contributed by atoms with Crippen LogP contribution in [-0.4, -0.2) is 11.7 Å². The van der Waals surface area contributed by atoms with E-state index in [0.29, 0.717) is 17.4 Å². The van der Waals surface area contributed by atoms with Crippen molar-refractivity contribution >= 4 is 0 Å². The third-order valence-electron chi connectivity index (χ3n) is 2.61. The highest BCUT2D eigenvalue weighted by Crippen LogP contribution is 2.31. The molecule has 0 radical (unpaired) electrons. The Bertz CT molecular complexity index is 147. The lowest BCUT2D eigenvalue weighted by molar-refractivity contribution is -0.0912. The van der Waals surface area contributed by atoms with Crippen molar-refractivity contribution in [3.8, 4) is 0 Å². The Labute approximate surface area is 83.9 Å². The molecule has 80 valence electrons. The lowest BCUT2D eigenvalue weighted by atomic mass is 9.79. The number of hydrogen-bond donors (Lipinski definition) is 0. The molecule has 0 fully saturated rings. The molecule has 1 heteroatoms. The SMILES string of the molecule is CC(OC(C)(C)C)C(C)C(C)(C)C. The van der Waals surface area contributed by atoms with Gasteiger partial charge in [0, 0.05) is 0 Å². The van der Waals surface area contributed by atoms with Crippen LogP contribution < -0.4 is 0 Å². The molecule has 0 bridgehead atoms. The van der Waals surface area contributed by atoms with Gasteiger partial charge >= 0.3 is 0 Å². The van der Waals surface area contributed by atoms with Crippen molar-refractivity contribution in [2.45, 2.75) is 67.1 Å². The van der Waals surface area contributed by atoms with Crippen LogP contribution in [0.5, 0.6) is 0 Å². The molecule has 13 heavy (non-hydrogen) atoms. The van der Waals surface area contributed by atoms with Crippen LogP contribution >= 0.6 is 0 Å². The Morgan fingerprint density at radius 1 is 0.846 bits per heavy atom. The van der Waals surface area contributed by atoms with Crippen LogP contribution in [0.2, 0.25) is 0 Å². The maximum absolute atomic E-state index is 5.93. The maximum atomic E-state index is 5.93. The van der Waals surface area contributed by atoms with Crippen molar-refractivity contribution in [1.29, 1.82) is 0 Å². The zero-order chi connectivity index (χ0) is 10.9. The Kier molecular flexibility index (Phi) is 3.98. The monoisotopic (exact) mass is 186 g/mol.